The minimum atomic E-state index is 0. The van der Waals surface area contributed by atoms with Gasteiger partial charge in [-0.3, -0.25) is 4.99 Å². The van der Waals surface area contributed by atoms with Crippen molar-refractivity contribution in [3.8, 4) is 17.2 Å². The summed E-state index contributed by atoms with van der Waals surface area (Å²) < 4.78 is 16.4. The molecule has 0 saturated heterocycles. The summed E-state index contributed by atoms with van der Waals surface area (Å²) in [5.74, 6) is 2.03. The maximum absolute atomic E-state index is 5.74. The number of rotatable bonds is 9. The lowest BCUT2D eigenvalue weighted by atomic mass is 10.1. The minimum Gasteiger partial charge on any atom is -0.493 e. The zero-order valence-electron chi connectivity index (χ0n) is 18.1. The third-order valence-electron chi connectivity index (χ3n) is 4.37. The molecule has 166 valence electrons. The molecule has 0 unspecified atom stereocenters. The van der Waals surface area contributed by atoms with Gasteiger partial charge in [0, 0.05) is 44.5 Å². The number of hydrogen-bond donors (Lipinski definition) is 2. The highest BCUT2D eigenvalue weighted by atomic mass is 127. The molecule has 0 aliphatic rings. The Morgan fingerprint density at radius 1 is 1.13 bits per heavy atom. The molecule has 0 spiro atoms. The van der Waals surface area contributed by atoms with E-state index in [9.17, 15) is 0 Å². The number of guanidine groups is 1. The van der Waals surface area contributed by atoms with Crippen LogP contribution < -0.4 is 15.4 Å². The number of aryl methyl sites for hydroxylation is 1. The van der Waals surface area contributed by atoms with Crippen molar-refractivity contribution in [3.05, 3.63) is 66.1 Å². The van der Waals surface area contributed by atoms with Gasteiger partial charge in [-0.15, -0.1) is 24.0 Å². The van der Waals surface area contributed by atoms with E-state index in [0.717, 1.165) is 29.1 Å². The first kappa shape index (κ1) is 24.7. The van der Waals surface area contributed by atoms with Crippen LogP contribution in [-0.4, -0.2) is 38.3 Å². The third kappa shape index (κ3) is 7.87. The predicted molar refractivity (Wildman–Crippen MR) is 134 cm³/mol. The molecule has 0 saturated carbocycles. The fraction of sp³-hybridized carbons (Fsp3) is 0.304. The number of methoxy groups -OCH3 is 1. The zero-order valence-corrected chi connectivity index (χ0v) is 20.4. The van der Waals surface area contributed by atoms with Crippen molar-refractivity contribution < 1.29 is 13.9 Å². The first-order valence-electron chi connectivity index (χ1n) is 9.89. The van der Waals surface area contributed by atoms with E-state index in [-0.39, 0.29) is 24.0 Å². The topological polar surface area (TPSA) is 80.9 Å². The second-order valence-corrected chi connectivity index (χ2v) is 6.78. The van der Waals surface area contributed by atoms with Crippen molar-refractivity contribution >= 4 is 35.6 Å². The Balaban J connectivity index is 0.00000341. The fourth-order valence-electron chi connectivity index (χ4n) is 2.76. The van der Waals surface area contributed by atoms with E-state index in [2.05, 4.69) is 27.5 Å². The van der Waals surface area contributed by atoms with Crippen LogP contribution in [0.1, 0.15) is 17.7 Å². The second kappa shape index (κ2) is 13.0. The van der Waals surface area contributed by atoms with Gasteiger partial charge in [-0.2, -0.15) is 0 Å². The molecule has 3 rings (SSSR count). The van der Waals surface area contributed by atoms with E-state index in [4.69, 9.17) is 13.9 Å². The average molecular weight is 536 g/mol. The van der Waals surface area contributed by atoms with Gasteiger partial charge in [0.05, 0.1) is 18.8 Å². The molecule has 0 bridgehead atoms. The molecule has 0 aliphatic carbocycles. The second-order valence-electron chi connectivity index (χ2n) is 6.78. The quantitative estimate of drug-likeness (QED) is 0.176. The van der Waals surface area contributed by atoms with Crippen LogP contribution in [0.5, 0.6) is 5.75 Å². The molecule has 0 radical (unpaired) electrons. The Morgan fingerprint density at radius 3 is 2.68 bits per heavy atom. The molecular formula is C23H29IN4O3. The van der Waals surface area contributed by atoms with Crippen molar-refractivity contribution in [2.75, 3.05) is 32.7 Å². The van der Waals surface area contributed by atoms with E-state index in [1.807, 2.05) is 48.5 Å². The van der Waals surface area contributed by atoms with Gasteiger partial charge in [0.15, 0.2) is 5.96 Å². The summed E-state index contributed by atoms with van der Waals surface area (Å²) in [5, 5.41) is 6.51. The molecule has 8 heteroatoms. The molecular weight excluding hydrogens is 507 g/mol. The van der Waals surface area contributed by atoms with Crippen molar-refractivity contribution in [1.29, 1.82) is 0 Å². The van der Waals surface area contributed by atoms with Gasteiger partial charge in [-0.25, -0.2) is 4.98 Å². The summed E-state index contributed by atoms with van der Waals surface area (Å²) in [6.07, 6.45) is 2.50. The summed E-state index contributed by atoms with van der Waals surface area (Å²) in [6, 6.07) is 15.8. The Morgan fingerprint density at radius 2 is 1.94 bits per heavy atom. The van der Waals surface area contributed by atoms with Gasteiger partial charge in [-0.1, -0.05) is 23.8 Å². The number of hydrogen-bond acceptors (Lipinski definition) is 5. The van der Waals surface area contributed by atoms with Crippen LogP contribution in [0.15, 0.2) is 64.2 Å². The fourth-order valence-corrected chi connectivity index (χ4v) is 2.76. The number of nitrogens with zero attached hydrogens (tertiary/aromatic N) is 2. The van der Waals surface area contributed by atoms with Crippen LogP contribution >= 0.6 is 24.0 Å². The number of ether oxygens (including phenoxy) is 2. The van der Waals surface area contributed by atoms with E-state index >= 15 is 0 Å². The van der Waals surface area contributed by atoms with Crippen LogP contribution in [0.2, 0.25) is 0 Å². The SMILES string of the molecule is CN=C(NCc1coc(-c2ccc(C)cc2)n1)Nc1cccc(OCCCOC)c1.I. The highest BCUT2D eigenvalue weighted by Crippen LogP contribution is 2.19. The van der Waals surface area contributed by atoms with Crippen LogP contribution in [0.3, 0.4) is 0 Å². The number of anilines is 1. The number of aliphatic imine (C=N–C) groups is 1. The summed E-state index contributed by atoms with van der Waals surface area (Å²) in [6.45, 7) is 3.83. The molecule has 3 aromatic rings. The van der Waals surface area contributed by atoms with Crippen LogP contribution in [0.25, 0.3) is 11.5 Å². The Labute approximate surface area is 200 Å². The summed E-state index contributed by atoms with van der Waals surface area (Å²) in [7, 11) is 3.41. The molecule has 2 aromatic carbocycles. The maximum Gasteiger partial charge on any atom is 0.226 e. The molecule has 31 heavy (non-hydrogen) atoms. The standard InChI is InChI=1S/C23H28N4O3.HI/c1-17-8-10-18(11-9-17)22-26-20(16-30-22)15-25-23(24-2)27-19-6-4-7-21(14-19)29-13-5-12-28-3;/h4,6-11,14,16H,5,12-13,15H2,1-3H3,(H2,24,25,27);1H. The lowest BCUT2D eigenvalue weighted by Crippen LogP contribution is -2.30. The molecule has 1 aromatic heterocycles. The Bertz CT molecular complexity index is 957. The minimum absolute atomic E-state index is 0. The number of nitrogens with one attached hydrogen (secondary N) is 2. The molecule has 0 atom stereocenters. The lowest BCUT2D eigenvalue weighted by molar-refractivity contribution is 0.172. The third-order valence-corrected chi connectivity index (χ3v) is 4.37. The number of benzene rings is 2. The highest BCUT2D eigenvalue weighted by Gasteiger charge is 2.08. The van der Waals surface area contributed by atoms with Crippen LogP contribution in [0, 0.1) is 6.92 Å². The van der Waals surface area contributed by atoms with Crippen LogP contribution in [-0.2, 0) is 11.3 Å². The molecule has 0 aliphatic heterocycles. The number of halogens is 1. The summed E-state index contributed by atoms with van der Waals surface area (Å²) in [5.41, 5.74) is 3.83. The van der Waals surface area contributed by atoms with Crippen molar-refractivity contribution in [1.82, 2.24) is 10.3 Å². The molecule has 7 nitrogen and oxygen atoms in total. The summed E-state index contributed by atoms with van der Waals surface area (Å²) in [4.78, 5) is 8.81. The zero-order chi connectivity index (χ0) is 21.2. The summed E-state index contributed by atoms with van der Waals surface area (Å²) >= 11 is 0. The van der Waals surface area contributed by atoms with E-state index in [1.54, 1.807) is 20.4 Å². The monoisotopic (exact) mass is 536 g/mol. The number of oxazole rings is 1. The maximum atomic E-state index is 5.74. The normalized spacial score (nSPS) is 11.0. The molecule has 0 fully saturated rings. The van der Waals surface area contributed by atoms with Gasteiger partial charge >= 0.3 is 0 Å². The average Bonchev–Trinajstić information content (AvgIpc) is 3.24. The van der Waals surface area contributed by atoms with E-state index in [1.165, 1.54) is 5.56 Å². The Hall–Kier alpha value is -2.59. The molecule has 0 amide bonds. The first-order chi connectivity index (χ1) is 14.7. The van der Waals surface area contributed by atoms with Gasteiger partial charge in [0.1, 0.15) is 12.0 Å². The highest BCUT2D eigenvalue weighted by molar-refractivity contribution is 14.0. The van der Waals surface area contributed by atoms with Gasteiger partial charge in [0.2, 0.25) is 5.89 Å². The molecule has 1 heterocycles. The van der Waals surface area contributed by atoms with Crippen molar-refractivity contribution in [2.24, 2.45) is 4.99 Å². The smallest absolute Gasteiger partial charge is 0.226 e. The molecule has 2 N–H and O–H groups in total. The van der Waals surface area contributed by atoms with E-state index in [0.29, 0.717) is 31.6 Å². The van der Waals surface area contributed by atoms with Crippen molar-refractivity contribution in [3.63, 3.8) is 0 Å². The van der Waals surface area contributed by atoms with Crippen molar-refractivity contribution in [2.45, 2.75) is 19.9 Å². The first-order valence-corrected chi connectivity index (χ1v) is 9.89. The largest absolute Gasteiger partial charge is 0.493 e. The van der Waals surface area contributed by atoms with Gasteiger partial charge in [-0.05, 0) is 31.2 Å². The van der Waals surface area contributed by atoms with Crippen LogP contribution in [0.4, 0.5) is 5.69 Å². The van der Waals surface area contributed by atoms with E-state index < -0.39 is 0 Å². The lowest BCUT2D eigenvalue weighted by Gasteiger charge is -2.12. The van der Waals surface area contributed by atoms with Gasteiger partial charge in [0.25, 0.3) is 0 Å². The van der Waals surface area contributed by atoms with Gasteiger partial charge < -0.3 is 24.5 Å². The number of aromatic nitrogens is 1. The Kier molecular flexibility index (Phi) is 10.3. The predicted octanol–water partition coefficient (Wildman–Crippen LogP) is 4.87.